The molecule has 0 saturated carbocycles. The van der Waals surface area contributed by atoms with Crippen LogP contribution in [0.2, 0.25) is 5.02 Å². The van der Waals surface area contributed by atoms with Crippen molar-refractivity contribution < 1.29 is 68.0 Å². The Morgan fingerprint density at radius 2 is 1.87 bits per heavy atom. The lowest BCUT2D eigenvalue weighted by Crippen LogP contribution is -2.62. The van der Waals surface area contributed by atoms with Gasteiger partial charge >= 0.3 is 19.2 Å². The van der Waals surface area contributed by atoms with E-state index in [0.717, 1.165) is 11.1 Å². The Hall–Kier alpha value is -4.03. The van der Waals surface area contributed by atoms with Crippen LogP contribution in [0.3, 0.4) is 0 Å². The van der Waals surface area contributed by atoms with Gasteiger partial charge in [0.05, 0.1) is 37.9 Å². The number of aliphatic hydroxyl groups excluding tert-OH is 1. The first kappa shape index (κ1) is 56.9. The Balaban J connectivity index is 1.23. The van der Waals surface area contributed by atoms with Crippen LogP contribution >= 0.6 is 33.2 Å². The van der Waals surface area contributed by atoms with E-state index >= 15 is 0 Å². The number of likely N-dealkylation sites (tertiary alicyclic amines) is 1. The molecule has 1 aromatic rings. The van der Waals surface area contributed by atoms with Crippen LogP contribution in [0.15, 0.2) is 35.9 Å². The Morgan fingerprint density at radius 1 is 1.16 bits per heavy atom. The lowest BCUT2D eigenvalue weighted by molar-refractivity contribution is -0.157. The molecule has 0 aromatic heterocycles. The van der Waals surface area contributed by atoms with Crippen molar-refractivity contribution >= 4 is 81.7 Å². The molecular formula is C47H69BClN5O14S2. The van der Waals surface area contributed by atoms with E-state index < -0.39 is 97.6 Å². The molecule has 4 aliphatic rings. The van der Waals surface area contributed by atoms with E-state index in [9.17, 15) is 49.0 Å². The summed E-state index contributed by atoms with van der Waals surface area (Å²) in [6, 6.07) is 2.68. The average molecular weight is 1040 g/mol. The summed E-state index contributed by atoms with van der Waals surface area (Å²) in [5.41, 5.74) is -1.21. The smallest absolute Gasteiger partial charge is 0.475 e. The van der Waals surface area contributed by atoms with E-state index in [2.05, 4.69) is 10.6 Å². The molecule has 10 atom stereocenters. The first-order valence-electron chi connectivity index (χ1n) is 23.6. The number of benzene rings is 1. The molecule has 23 heteroatoms. The Bertz CT molecular complexity index is 2160. The van der Waals surface area contributed by atoms with Crippen molar-refractivity contribution in [1.82, 2.24) is 20.4 Å². The van der Waals surface area contributed by atoms with Crippen LogP contribution < -0.4 is 20.3 Å². The maximum atomic E-state index is 14.2. The molecule has 4 aliphatic heterocycles. The van der Waals surface area contributed by atoms with Crippen LogP contribution in [0.4, 0.5) is 10.5 Å². The topological polar surface area (TPSA) is 257 Å². The van der Waals surface area contributed by atoms with Gasteiger partial charge in [0.25, 0.3) is 0 Å². The number of nitrogens with one attached hydrogen (secondary N) is 2. The second kappa shape index (κ2) is 24.6. The number of halogens is 1. The van der Waals surface area contributed by atoms with Gasteiger partial charge < -0.3 is 59.2 Å². The van der Waals surface area contributed by atoms with E-state index in [-0.39, 0.29) is 47.9 Å². The number of hydrogen-bond donors (Lipinski definition) is 6. The van der Waals surface area contributed by atoms with Crippen molar-refractivity contribution in [2.45, 2.75) is 122 Å². The van der Waals surface area contributed by atoms with Crippen molar-refractivity contribution in [1.29, 1.82) is 0 Å². The Kier molecular flexibility index (Phi) is 20.0. The maximum Gasteiger partial charge on any atom is 0.475 e. The number of hydrogen-bond acceptors (Lipinski definition) is 16. The number of nitrogens with zero attached hydrogens (tertiary/aromatic N) is 3. The van der Waals surface area contributed by atoms with Crippen molar-refractivity contribution in [3.8, 4) is 5.75 Å². The van der Waals surface area contributed by atoms with Crippen LogP contribution in [0.25, 0.3) is 0 Å². The average Bonchev–Trinajstić information content (AvgIpc) is 3.74. The predicted molar refractivity (Wildman–Crippen MR) is 267 cm³/mol. The Labute approximate surface area is 423 Å². The summed E-state index contributed by atoms with van der Waals surface area (Å²) in [6.45, 7) is 10.1. The van der Waals surface area contributed by atoms with Crippen molar-refractivity contribution in [3.63, 3.8) is 0 Å². The largest absolute Gasteiger partial charge is 0.495 e. The number of anilines is 1. The van der Waals surface area contributed by atoms with Crippen LogP contribution in [-0.2, 0) is 44.6 Å². The van der Waals surface area contributed by atoms with Crippen molar-refractivity contribution in [3.05, 3.63) is 46.5 Å². The second-order valence-electron chi connectivity index (χ2n) is 19.3. The highest BCUT2D eigenvalue weighted by atomic mass is 35.5. The second-order valence-corrected chi connectivity index (χ2v) is 22.3. The standard InChI is InChI=1S/C47H69BClN5O14S2/c1-26(2)41(44(60)54-16-11-14-36(54)48(63)64)50-43(59)28(4)25-70-69-17-15-37(56)52(7)23-39(58)67-35-21-38(57)53(8)32-19-30(20-33(65-9)40(32)49)18-27(3)12-10-13-31(24-55)47(62)22-34(66-45(61)51-47)29(5)42-46(35,6)68-42/h10,12-13,19-20,26,28-29,31,34-36,41-42,55,62-64H,11,14-18,21-25H2,1-9H3,(H,50,59)(H,51,61)/b13-10+,27-12+/t28?,29-,31+,34?,35+,36+,41?,42-,46-,47+/m0/s1. The van der Waals surface area contributed by atoms with Crippen LogP contribution in [0.1, 0.15) is 79.2 Å². The molecular weight excluding hydrogens is 969 g/mol. The molecule has 3 fully saturated rings. The normalized spacial score (nSPS) is 29.1. The molecule has 5 amide bonds. The first-order valence-corrected chi connectivity index (χ1v) is 26.4. The summed E-state index contributed by atoms with van der Waals surface area (Å²) in [5, 5.41) is 47.2. The van der Waals surface area contributed by atoms with Crippen molar-refractivity contribution in [2.24, 2.45) is 23.7 Å². The number of fused-ring (bicyclic) bond motifs is 5. The quantitative estimate of drug-likeness (QED) is 0.0457. The van der Waals surface area contributed by atoms with Gasteiger partial charge in [0.15, 0.2) is 5.72 Å². The zero-order valence-corrected chi connectivity index (χ0v) is 43.7. The van der Waals surface area contributed by atoms with Gasteiger partial charge in [0, 0.05) is 62.7 Å². The Morgan fingerprint density at radius 3 is 2.53 bits per heavy atom. The van der Waals surface area contributed by atoms with Crippen LogP contribution in [0, 0.1) is 23.7 Å². The number of epoxide rings is 1. The van der Waals surface area contributed by atoms with E-state index in [1.807, 2.05) is 26.8 Å². The fourth-order valence-corrected chi connectivity index (χ4v) is 11.7. The molecule has 19 nitrogen and oxygen atoms in total. The molecule has 3 saturated heterocycles. The predicted octanol–water partition coefficient (Wildman–Crippen LogP) is 3.27. The number of alkyl carbamates (subject to hydrolysis) is 1. The number of ether oxygens (including phenoxy) is 4. The van der Waals surface area contributed by atoms with Crippen LogP contribution in [-0.4, -0.2) is 167 Å². The summed E-state index contributed by atoms with van der Waals surface area (Å²) in [7, 11) is 5.56. The molecule has 1 aromatic carbocycles. The SMILES string of the molecule is COc1cc2cc(c1Cl)N(C)C(=O)C[C@@H](OC(=O)CN(C)C(=O)CCSSCC(C)C(=O)NC(C(=O)N1CCC[C@@H]1B(O)O)C(C)C)[C@]1(C)O[C@H]1[C@@H](C)C1C[C@](O)(NC(=O)O1)[C@@H](CO)/C=C/C=C(\C)C2. The molecule has 70 heavy (non-hydrogen) atoms. The molecule has 3 unspecified atom stereocenters. The van der Waals surface area contributed by atoms with Gasteiger partial charge in [-0.2, -0.15) is 0 Å². The number of esters is 1. The monoisotopic (exact) mass is 1040 g/mol. The number of allylic oxidation sites excluding steroid dienone is 3. The van der Waals surface area contributed by atoms with Gasteiger partial charge in [-0.05, 0) is 56.7 Å². The number of amides is 5. The maximum absolute atomic E-state index is 14.2. The summed E-state index contributed by atoms with van der Waals surface area (Å²) in [4.78, 5) is 84.7. The van der Waals surface area contributed by atoms with E-state index in [1.165, 1.54) is 50.4 Å². The zero-order chi connectivity index (χ0) is 51.8. The van der Waals surface area contributed by atoms with Gasteiger partial charge in [-0.15, -0.1) is 0 Å². The van der Waals surface area contributed by atoms with Gasteiger partial charge in [0.2, 0.25) is 23.6 Å². The number of likely N-dealkylation sites (N-methyl/N-ethyl adjacent to an activating group) is 1. The molecule has 6 N–H and O–H groups in total. The fourth-order valence-electron chi connectivity index (χ4n) is 9.08. The lowest BCUT2D eigenvalue weighted by Gasteiger charge is -2.42. The van der Waals surface area contributed by atoms with Crippen LogP contribution in [0.5, 0.6) is 5.75 Å². The molecule has 4 heterocycles. The highest BCUT2D eigenvalue weighted by Crippen LogP contribution is 2.49. The number of aliphatic hydroxyl groups is 2. The summed E-state index contributed by atoms with van der Waals surface area (Å²) >= 11 is 6.78. The number of carbonyl (C=O) groups is 6. The van der Waals surface area contributed by atoms with Gasteiger partial charge in [-0.3, -0.25) is 29.3 Å². The highest BCUT2D eigenvalue weighted by Gasteiger charge is 2.64. The fraction of sp³-hybridized carbons (Fsp3) is 0.660. The summed E-state index contributed by atoms with van der Waals surface area (Å²) in [5.74, 6) is -4.22. The van der Waals surface area contributed by atoms with Crippen molar-refractivity contribution in [2.75, 3.05) is 57.3 Å². The molecule has 4 bridgehead atoms. The minimum atomic E-state index is -1.89. The zero-order valence-electron chi connectivity index (χ0n) is 41.3. The van der Waals surface area contributed by atoms with Gasteiger partial charge in [0.1, 0.15) is 41.2 Å². The molecule has 5 rings (SSSR count). The number of carbonyl (C=O) groups excluding carboxylic acids is 6. The lowest BCUT2D eigenvalue weighted by atomic mass is 9.77. The molecule has 0 aliphatic carbocycles. The van der Waals surface area contributed by atoms with E-state index in [0.29, 0.717) is 48.7 Å². The van der Waals surface area contributed by atoms with E-state index in [1.54, 1.807) is 52.1 Å². The number of methoxy groups -OCH3 is 1. The highest BCUT2D eigenvalue weighted by molar-refractivity contribution is 8.76. The minimum absolute atomic E-state index is 0.0552. The third-order valence-corrected chi connectivity index (χ3v) is 16.5. The minimum Gasteiger partial charge on any atom is -0.495 e. The summed E-state index contributed by atoms with van der Waals surface area (Å²) < 4.78 is 23.5. The third kappa shape index (κ3) is 13.9. The van der Waals surface area contributed by atoms with Gasteiger partial charge in [-0.1, -0.05) is 84.7 Å². The van der Waals surface area contributed by atoms with Gasteiger partial charge in [-0.25, -0.2) is 4.79 Å². The molecule has 0 spiro atoms. The molecule has 388 valence electrons. The summed E-state index contributed by atoms with van der Waals surface area (Å²) in [6.07, 6.45) is 2.42. The number of rotatable bonds is 16. The third-order valence-electron chi connectivity index (χ3n) is 13.6. The van der Waals surface area contributed by atoms with E-state index in [4.69, 9.17) is 30.5 Å². The first-order chi connectivity index (χ1) is 32.9. The molecule has 0 radical (unpaired) electrons.